The third kappa shape index (κ3) is 3.29. The van der Waals surface area contributed by atoms with Crippen LogP contribution in [0.3, 0.4) is 0 Å². The van der Waals surface area contributed by atoms with E-state index in [1.807, 2.05) is 31.2 Å². The summed E-state index contributed by atoms with van der Waals surface area (Å²) >= 11 is 0. The molecule has 2 nitrogen and oxygen atoms in total. The van der Waals surface area contributed by atoms with Crippen LogP contribution < -0.4 is 0 Å². The van der Waals surface area contributed by atoms with Crippen LogP contribution in [0.15, 0.2) is 84.3 Å². The predicted octanol–water partition coefficient (Wildman–Crippen LogP) is 5.32. The Kier molecular flexibility index (Phi) is 4.81. The van der Waals surface area contributed by atoms with Gasteiger partial charge in [-0.25, -0.2) is 8.42 Å². The Morgan fingerprint density at radius 2 is 1.67 bits per heavy atom. The van der Waals surface area contributed by atoms with Gasteiger partial charge in [-0.05, 0) is 55.2 Å². The van der Waals surface area contributed by atoms with Crippen LogP contribution >= 0.6 is 0 Å². The Bertz CT molecular complexity index is 942. The van der Waals surface area contributed by atoms with Crippen molar-refractivity contribution in [3.8, 4) is 0 Å². The SMILES string of the molecule is C=C[C@@H]1[C@H]2CC(S(=O)(=O)c3ccc(C)cc3)C[C@@H]2C=C[C@@H]1c1ccccc1. The van der Waals surface area contributed by atoms with Crippen LogP contribution in [0.2, 0.25) is 0 Å². The van der Waals surface area contributed by atoms with Gasteiger partial charge in [0.2, 0.25) is 0 Å². The second kappa shape index (κ2) is 7.12. The van der Waals surface area contributed by atoms with Crippen molar-refractivity contribution in [1.29, 1.82) is 0 Å². The zero-order valence-corrected chi connectivity index (χ0v) is 16.5. The highest BCUT2D eigenvalue weighted by atomic mass is 32.2. The highest BCUT2D eigenvalue weighted by molar-refractivity contribution is 7.92. The first-order chi connectivity index (χ1) is 13.0. The molecule has 0 saturated heterocycles. The number of benzene rings is 2. The molecule has 0 N–H and O–H groups in total. The third-order valence-electron chi connectivity index (χ3n) is 6.34. The van der Waals surface area contributed by atoms with Crippen LogP contribution in [0.25, 0.3) is 0 Å². The first kappa shape index (κ1) is 18.2. The van der Waals surface area contributed by atoms with Crippen molar-refractivity contribution in [3.05, 3.63) is 90.5 Å². The van der Waals surface area contributed by atoms with Crippen LogP contribution in [-0.4, -0.2) is 13.7 Å². The number of rotatable bonds is 4. The van der Waals surface area contributed by atoms with Gasteiger partial charge in [-0.3, -0.25) is 0 Å². The summed E-state index contributed by atoms with van der Waals surface area (Å²) < 4.78 is 26.4. The highest BCUT2D eigenvalue weighted by Crippen LogP contribution is 2.50. The summed E-state index contributed by atoms with van der Waals surface area (Å²) in [6, 6.07) is 17.7. The normalized spacial score (nSPS) is 30.0. The fourth-order valence-electron chi connectivity index (χ4n) is 4.88. The number of hydrogen-bond donors (Lipinski definition) is 0. The molecule has 1 saturated carbocycles. The van der Waals surface area contributed by atoms with Gasteiger partial charge in [0.25, 0.3) is 0 Å². The lowest BCUT2D eigenvalue weighted by Crippen LogP contribution is -2.26. The van der Waals surface area contributed by atoms with Gasteiger partial charge in [0.15, 0.2) is 9.84 Å². The Labute approximate surface area is 162 Å². The average Bonchev–Trinajstić information content (AvgIpc) is 3.13. The molecule has 140 valence electrons. The summed E-state index contributed by atoms with van der Waals surface area (Å²) in [4.78, 5) is 0.454. The van der Waals surface area contributed by atoms with Gasteiger partial charge in [-0.15, -0.1) is 6.58 Å². The molecule has 2 aliphatic carbocycles. The van der Waals surface area contributed by atoms with E-state index in [-0.39, 0.29) is 17.1 Å². The van der Waals surface area contributed by atoms with E-state index < -0.39 is 9.84 Å². The molecule has 1 fully saturated rings. The lowest BCUT2D eigenvalue weighted by molar-refractivity contribution is 0.307. The number of aryl methyl sites for hydroxylation is 1. The Hall–Kier alpha value is -2.13. The first-order valence-corrected chi connectivity index (χ1v) is 11.2. The quantitative estimate of drug-likeness (QED) is 0.675. The Morgan fingerprint density at radius 1 is 0.963 bits per heavy atom. The monoisotopic (exact) mass is 378 g/mol. The third-order valence-corrected chi connectivity index (χ3v) is 8.53. The van der Waals surface area contributed by atoms with E-state index in [4.69, 9.17) is 0 Å². The van der Waals surface area contributed by atoms with Gasteiger partial charge in [0.1, 0.15) is 0 Å². The molecule has 2 aromatic carbocycles. The van der Waals surface area contributed by atoms with Crippen LogP contribution in [0.5, 0.6) is 0 Å². The lowest BCUT2D eigenvalue weighted by Gasteiger charge is -2.34. The Morgan fingerprint density at radius 3 is 2.33 bits per heavy atom. The molecular formula is C24H26O2S. The first-order valence-electron chi connectivity index (χ1n) is 9.67. The van der Waals surface area contributed by atoms with Crippen LogP contribution in [-0.2, 0) is 9.84 Å². The summed E-state index contributed by atoms with van der Waals surface area (Å²) in [5.74, 6) is 1.22. The lowest BCUT2D eigenvalue weighted by atomic mass is 9.70. The molecule has 0 heterocycles. The van der Waals surface area contributed by atoms with E-state index in [9.17, 15) is 8.42 Å². The largest absolute Gasteiger partial charge is 0.223 e. The molecule has 0 radical (unpaired) electrons. The van der Waals surface area contributed by atoms with Crippen molar-refractivity contribution in [2.45, 2.75) is 35.8 Å². The minimum Gasteiger partial charge on any atom is -0.223 e. The zero-order chi connectivity index (χ0) is 19.0. The van der Waals surface area contributed by atoms with Crippen molar-refractivity contribution in [1.82, 2.24) is 0 Å². The maximum atomic E-state index is 13.2. The zero-order valence-electron chi connectivity index (χ0n) is 15.7. The summed E-state index contributed by atoms with van der Waals surface area (Å²) in [6.45, 7) is 6.07. The minimum absolute atomic E-state index is 0.278. The maximum Gasteiger partial charge on any atom is 0.181 e. The molecule has 0 amide bonds. The highest BCUT2D eigenvalue weighted by Gasteiger charge is 2.46. The second-order valence-corrected chi connectivity index (χ2v) is 10.1. The van der Waals surface area contributed by atoms with Gasteiger partial charge < -0.3 is 0 Å². The fourth-order valence-corrected chi connectivity index (χ4v) is 6.73. The van der Waals surface area contributed by atoms with Crippen molar-refractivity contribution in [3.63, 3.8) is 0 Å². The number of hydrogen-bond acceptors (Lipinski definition) is 2. The molecule has 0 aliphatic heterocycles. The van der Waals surface area contributed by atoms with Crippen molar-refractivity contribution < 1.29 is 8.42 Å². The average molecular weight is 379 g/mol. The molecule has 5 atom stereocenters. The molecule has 0 bridgehead atoms. The fraction of sp³-hybridized carbons (Fsp3) is 0.333. The predicted molar refractivity (Wildman–Crippen MR) is 110 cm³/mol. The molecule has 2 aromatic rings. The van der Waals surface area contributed by atoms with Crippen molar-refractivity contribution >= 4 is 9.84 Å². The summed E-state index contributed by atoms with van der Waals surface area (Å²) in [5, 5.41) is -0.308. The molecule has 3 heteroatoms. The summed E-state index contributed by atoms with van der Waals surface area (Å²) in [7, 11) is -3.30. The van der Waals surface area contributed by atoms with E-state index in [1.165, 1.54) is 5.56 Å². The van der Waals surface area contributed by atoms with E-state index in [0.717, 1.165) is 5.56 Å². The van der Waals surface area contributed by atoms with E-state index in [1.54, 1.807) is 12.1 Å². The van der Waals surface area contributed by atoms with E-state index >= 15 is 0 Å². The summed E-state index contributed by atoms with van der Waals surface area (Å²) in [6.07, 6.45) is 7.99. The van der Waals surface area contributed by atoms with E-state index in [0.29, 0.717) is 29.6 Å². The topological polar surface area (TPSA) is 34.1 Å². The molecule has 2 aliphatic rings. The Balaban J connectivity index is 1.61. The minimum atomic E-state index is -3.30. The smallest absolute Gasteiger partial charge is 0.181 e. The van der Waals surface area contributed by atoms with Gasteiger partial charge in [0, 0.05) is 5.92 Å². The van der Waals surface area contributed by atoms with Gasteiger partial charge in [0.05, 0.1) is 10.1 Å². The maximum absolute atomic E-state index is 13.2. The van der Waals surface area contributed by atoms with Crippen molar-refractivity contribution in [2.75, 3.05) is 0 Å². The molecule has 1 unspecified atom stereocenters. The van der Waals surface area contributed by atoms with Gasteiger partial charge >= 0.3 is 0 Å². The van der Waals surface area contributed by atoms with Gasteiger partial charge in [-0.2, -0.15) is 0 Å². The molecule has 27 heavy (non-hydrogen) atoms. The van der Waals surface area contributed by atoms with E-state index in [2.05, 4.69) is 43.0 Å². The van der Waals surface area contributed by atoms with Crippen molar-refractivity contribution in [2.24, 2.45) is 17.8 Å². The molecule has 0 spiro atoms. The standard InChI is InChI=1S/C24H26O2S/c1-3-22-23(18-7-5-4-6-8-18)14-11-19-15-21(16-24(19)22)27(25,26)20-12-9-17(2)10-13-20/h3-14,19,21-24H,1,15-16H2,2H3/t19-,21?,22-,23+,24-/m0/s1. The second-order valence-electron chi connectivity index (χ2n) is 7.91. The van der Waals surface area contributed by atoms with Crippen LogP contribution in [0, 0.1) is 24.7 Å². The van der Waals surface area contributed by atoms with Crippen LogP contribution in [0.4, 0.5) is 0 Å². The summed E-state index contributed by atoms with van der Waals surface area (Å²) in [5.41, 5.74) is 2.36. The number of sulfone groups is 1. The van der Waals surface area contributed by atoms with Gasteiger partial charge in [-0.1, -0.05) is 66.3 Å². The molecular weight excluding hydrogens is 352 g/mol. The molecule has 0 aromatic heterocycles. The van der Waals surface area contributed by atoms with Crippen LogP contribution in [0.1, 0.15) is 29.9 Å². The number of fused-ring (bicyclic) bond motifs is 1. The number of allylic oxidation sites excluding steroid dienone is 3. The molecule has 4 rings (SSSR count).